The largest absolute Gasteiger partial charge is 0.399 e. The number of anilines is 1. The number of aromatic nitrogens is 1. The molecule has 2 aromatic rings. The molecule has 0 amide bonds. The van der Waals surface area contributed by atoms with E-state index >= 15 is 0 Å². The summed E-state index contributed by atoms with van der Waals surface area (Å²) in [5.41, 5.74) is 9.39. The summed E-state index contributed by atoms with van der Waals surface area (Å²) in [5, 5.41) is 6.30. The van der Waals surface area contributed by atoms with Gasteiger partial charge in [0, 0.05) is 22.9 Å². The van der Waals surface area contributed by atoms with Gasteiger partial charge in [0.05, 0.1) is 0 Å². The van der Waals surface area contributed by atoms with Crippen LogP contribution in [0.15, 0.2) is 30.5 Å². The predicted molar refractivity (Wildman–Crippen MR) is 92.4 cm³/mol. The molecule has 0 saturated carbocycles. The van der Waals surface area contributed by atoms with Crippen molar-refractivity contribution < 1.29 is 0 Å². The number of nitrogens with one attached hydrogen (secondary N) is 1. The Bertz CT molecular complexity index is 777. The van der Waals surface area contributed by atoms with Crippen LogP contribution < -0.4 is 21.6 Å². The lowest BCUT2D eigenvalue weighted by molar-refractivity contribution is 0.459. The van der Waals surface area contributed by atoms with Gasteiger partial charge in [-0.3, -0.25) is 0 Å². The number of nitrogens with zero attached hydrogens (tertiary/aromatic N) is 1. The van der Waals surface area contributed by atoms with Crippen LogP contribution in [0.1, 0.15) is 37.2 Å². The first-order valence-electron chi connectivity index (χ1n) is 8.31. The number of benzene rings is 1. The summed E-state index contributed by atoms with van der Waals surface area (Å²) in [6.45, 7) is 2.27. The molecule has 0 atom stereocenters. The van der Waals surface area contributed by atoms with E-state index in [1.165, 1.54) is 34.7 Å². The van der Waals surface area contributed by atoms with Gasteiger partial charge in [-0.1, -0.05) is 12.2 Å². The third kappa shape index (κ3) is 2.35. The molecule has 0 spiro atoms. The summed E-state index contributed by atoms with van der Waals surface area (Å²) in [5.74, 6) is 0.688. The highest BCUT2D eigenvalue weighted by atomic mass is 15.0. The Kier molecular flexibility index (Phi) is 3.51. The molecule has 1 aromatic carbocycles. The fraction of sp³-hybridized carbons (Fsp3) is 0.368. The van der Waals surface area contributed by atoms with Crippen LogP contribution in [-0.2, 0) is 0 Å². The van der Waals surface area contributed by atoms with Crippen LogP contribution in [0.2, 0.25) is 0 Å². The molecule has 2 aliphatic rings. The Labute approximate surface area is 131 Å². The van der Waals surface area contributed by atoms with Crippen molar-refractivity contribution in [2.75, 3.05) is 18.8 Å². The first-order chi connectivity index (χ1) is 10.8. The highest BCUT2D eigenvalue weighted by molar-refractivity contribution is 5.49. The topological polar surface area (TPSA) is 43.0 Å². The molecule has 0 unspecified atom stereocenters. The molecule has 1 fully saturated rings. The van der Waals surface area contributed by atoms with E-state index < -0.39 is 0 Å². The van der Waals surface area contributed by atoms with Crippen LogP contribution in [0.25, 0.3) is 17.8 Å². The highest BCUT2D eigenvalue weighted by Crippen LogP contribution is 2.23. The maximum atomic E-state index is 5.83. The maximum Gasteiger partial charge on any atom is 0.0488 e. The number of nitrogens with two attached hydrogens (primary N) is 1. The SMILES string of the molecule is Nc1ccc(-n2cc(C3CCNCC3)c3c2=CCCC=3)cc1. The summed E-state index contributed by atoms with van der Waals surface area (Å²) >= 11 is 0. The van der Waals surface area contributed by atoms with Crippen LogP contribution in [0.3, 0.4) is 0 Å². The van der Waals surface area contributed by atoms with E-state index in [4.69, 9.17) is 5.73 Å². The van der Waals surface area contributed by atoms with Gasteiger partial charge in [0.2, 0.25) is 0 Å². The van der Waals surface area contributed by atoms with E-state index in [0.717, 1.165) is 31.6 Å². The van der Waals surface area contributed by atoms with Crippen molar-refractivity contribution in [3.8, 4) is 5.69 Å². The zero-order valence-electron chi connectivity index (χ0n) is 12.9. The quantitative estimate of drug-likeness (QED) is 0.830. The third-order valence-corrected chi connectivity index (χ3v) is 4.92. The summed E-state index contributed by atoms with van der Waals surface area (Å²) in [6.07, 6.45) is 12.0. The van der Waals surface area contributed by atoms with Crippen LogP contribution in [-0.4, -0.2) is 17.7 Å². The zero-order valence-corrected chi connectivity index (χ0v) is 12.9. The first-order valence-corrected chi connectivity index (χ1v) is 8.31. The van der Waals surface area contributed by atoms with Gasteiger partial charge in [-0.15, -0.1) is 0 Å². The van der Waals surface area contributed by atoms with E-state index in [2.05, 4.69) is 40.4 Å². The molecule has 3 nitrogen and oxygen atoms in total. The standard InChI is InChI=1S/C19H23N3/c20-15-5-7-16(8-6-15)22-13-18(14-9-11-21-12-10-14)17-3-1-2-4-19(17)22/h3-8,13-14,21H,1-2,9-12,20H2. The number of hydrogen-bond donors (Lipinski definition) is 2. The molecule has 1 saturated heterocycles. The molecule has 0 bridgehead atoms. The van der Waals surface area contributed by atoms with Gasteiger partial charge < -0.3 is 15.6 Å². The molecule has 2 heterocycles. The van der Waals surface area contributed by atoms with Crippen molar-refractivity contribution in [1.82, 2.24) is 9.88 Å². The Morgan fingerprint density at radius 2 is 1.73 bits per heavy atom. The van der Waals surface area contributed by atoms with Crippen molar-refractivity contribution in [3.05, 3.63) is 46.6 Å². The monoisotopic (exact) mass is 293 g/mol. The van der Waals surface area contributed by atoms with Crippen molar-refractivity contribution in [3.63, 3.8) is 0 Å². The number of fused-ring (bicyclic) bond motifs is 1. The molecular formula is C19H23N3. The molecular weight excluding hydrogens is 270 g/mol. The number of rotatable bonds is 2. The predicted octanol–water partition coefficient (Wildman–Crippen LogP) is 1.88. The molecule has 22 heavy (non-hydrogen) atoms. The Hall–Kier alpha value is -2.00. The average molecular weight is 293 g/mol. The van der Waals surface area contributed by atoms with Gasteiger partial charge in [0.25, 0.3) is 0 Å². The average Bonchev–Trinajstić information content (AvgIpc) is 2.96. The minimum Gasteiger partial charge on any atom is -0.399 e. The van der Waals surface area contributed by atoms with Crippen molar-refractivity contribution >= 4 is 17.8 Å². The van der Waals surface area contributed by atoms with Crippen LogP contribution in [0.5, 0.6) is 0 Å². The minimum absolute atomic E-state index is 0.688. The molecule has 0 radical (unpaired) electrons. The van der Waals surface area contributed by atoms with Gasteiger partial charge in [-0.25, -0.2) is 0 Å². The molecule has 3 N–H and O–H groups in total. The normalized spacial score (nSPS) is 18.4. The summed E-state index contributed by atoms with van der Waals surface area (Å²) < 4.78 is 2.35. The van der Waals surface area contributed by atoms with E-state index in [0.29, 0.717) is 5.92 Å². The van der Waals surface area contributed by atoms with Gasteiger partial charge in [-0.05, 0) is 79.7 Å². The fourth-order valence-electron chi connectivity index (χ4n) is 3.74. The van der Waals surface area contributed by atoms with Gasteiger partial charge >= 0.3 is 0 Å². The summed E-state index contributed by atoms with van der Waals surface area (Å²) in [7, 11) is 0. The third-order valence-electron chi connectivity index (χ3n) is 4.92. The zero-order chi connectivity index (χ0) is 14.9. The highest BCUT2D eigenvalue weighted by Gasteiger charge is 2.19. The number of nitrogen functional groups attached to an aromatic ring is 1. The molecule has 114 valence electrons. The van der Waals surface area contributed by atoms with Gasteiger partial charge in [0.1, 0.15) is 0 Å². The van der Waals surface area contributed by atoms with Crippen LogP contribution in [0.4, 0.5) is 5.69 Å². The van der Waals surface area contributed by atoms with E-state index in [-0.39, 0.29) is 0 Å². The van der Waals surface area contributed by atoms with E-state index in [9.17, 15) is 0 Å². The first kappa shape index (κ1) is 13.6. The second-order valence-electron chi connectivity index (χ2n) is 6.35. The van der Waals surface area contributed by atoms with Crippen molar-refractivity contribution in [1.29, 1.82) is 0 Å². The second kappa shape index (κ2) is 5.65. The lowest BCUT2D eigenvalue weighted by atomic mass is 9.90. The van der Waals surface area contributed by atoms with Crippen LogP contribution >= 0.6 is 0 Å². The molecule has 4 rings (SSSR count). The van der Waals surface area contributed by atoms with Gasteiger partial charge in [0.15, 0.2) is 0 Å². The maximum absolute atomic E-state index is 5.83. The minimum atomic E-state index is 0.688. The molecule has 1 aliphatic heterocycles. The van der Waals surface area contributed by atoms with Crippen LogP contribution in [0, 0.1) is 0 Å². The second-order valence-corrected chi connectivity index (χ2v) is 6.35. The van der Waals surface area contributed by atoms with E-state index in [1.807, 2.05) is 12.1 Å². The van der Waals surface area contributed by atoms with Crippen molar-refractivity contribution in [2.45, 2.75) is 31.6 Å². The number of hydrogen-bond acceptors (Lipinski definition) is 2. The molecule has 1 aliphatic carbocycles. The summed E-state index contributed by atoms with van der Waals surface area (Å²) in [6, 6.07) is 8.20. The smallest absolute Gasteiger partial charge is 0.0488 e. The molecule has 3 heteroatoms. The fourth-order valence-corrected chi connectivity index (χ4v) is 3.74. The lowest BCUT2D eigenvalue weighted by Crippen LogP contribution is -2.34. The summed E-state index contributed by atoms with van der Waals surface area (Å²) in [4.78, 5) is 0. The number of piperidine rings is 1. The lowest BCUT2D eigenvalue weighted by Gasteiger charge is -2.22. The van der Waals surface area contributed by atoms with Gasteiger partial charge in [-0.2, -0.15) is 0 Å². The van der Waals surface area contributed by atoms with Crippen molar-refractivity contribution in [2.24, 2.45) is 0 Å². The Morgan fingerprint density at radius 3 is 2.50 bits per heavy atom. The molecule has 1 aromatic heterocycles. The van der Waals surface area contributed by atoms with E-state index in [1.54, 1.807) is 0 Å². The Morgan fingerprint density at radius 1 is 1.00 bits per heavy atom. The Balaban J connectivity index is 1.86.